The molecule has 6 nitrogen and oxygen atoms in total. The molecule has 0 aliphatic heterocycles. The van der Waals surface area contributed by atoms with Crippen molar-refractivity contribution in [2.75, 3.05) is 12.9 Å². The van der Waals surface area contributed by atoms with Crippen LogP contribution in [0.25, 0.3) is 22.0 Å². The molecular weight excluding hydrogens is 576 g/mol. The summed E-state index contributed by atoms with van der Waals surface area (Å²) < 4.78 is 13.3. The lowest BCUT2D eigenvalue weighted by Crippen LogP contribution is -2.15. The number of nitrogens with zero attached hydrogens (tertiary/aromatic N) is 3. The summed E-state index contributed by atoms with van der Waals surface area (Å²) in [5, 5.41) is 6.78. The molecule has 0 saturated heterocycles. The second-order valence-corrected chi connectivity index (χ2v) is 12.2. The summed E-state index contributed by atoms with van der Waals surface area (Å²) in [5.74, 6) is 0.776. The van der Waals surface area contributed by atoms with Gasteiger partial charge in [-0.15, -0.1) is 0 Å². The SMILES string of the molecule is CSNC(=O)c1ccc(Cn2c(C)c(CCCOc3cc(C)c(Cl)c(C)c3)c3cccc(-c4c(C)nn(C)c4C)c32)cc1. The summed E-state index contributed by atoms with van der Waals surface area (Å²) in [6, 6.07) is 18.5. The summed E-state index contributed by atoms with van der Waals surface area (Å²) >= 11 is 7.66. The number of hydrogen-bond acceptors (Lipinski definition) is 4. The predicted molar refractivity (Wildman–Crippen MR) is 180 cm³/mol. The Labute approximate surface area is 263 Å². The fourth-order valence-electron chi connectivity index (χ4n) is 6.01. The zero-order valence-corrected chi connectivity index (χ0v) is 27.5. The largest absolute Gasteiger partial charge is 0.494 e. The van der Waals surface area contributed by atoms with Crippen LogP contribution < -0.4 is 9.46 Å². The van der Waals surface area contributed by atoms with Gasteiger partial charge in [-0.2, -0.15) is 5.10 Å². The van der Waals surface area contributed by atoms with Gasteiger partial charge >= 0.3 is 0 Å². The molecule has 2 heterocycles. The van der Waals surface area contributed by atoms with Gasteiger partial charge in [0, 0.05) is 58.3 Å². The predicted octanol–water partition coefficient (Wildman–Crippen LogP) is 8.31. The topological polar surface area (TPSA) is 61.1 Å². The van der Waals surface area contributed by atoms with Crippen molar-refractivity contribution in [2.24, 2.45) is 7.05 Å². The van der Waals surface area contributed by atoms with Crippen LogP contribution in [0.5, 0.6) is 5.75 Å². The van der Waals surface area contributed by atoms with E-state index < -0.39 is 0 Å². The second kappa shape index (κ2) is 12.9. The van der Waals surface area contributed by atoms with Crippen LogP contribution in [0.4, 0.5) is 0 Å². The van der Waals surface area contributed by atoms with E-state index in [1.54, 1.807) is 0 Å². The van der Waals surface area contributed by atoms with Crippen LogP contribution in [0, 0.1) is 34.6 Å². The van der Waals surface area contributed by atoms with E-state index in [1.165, 1.54) is 45.2 Å². The van der Waals surface area contributed by atoms with Crippen LogP contribution in [-0.2, 0) is 20.0 Å². The smallest absolute Gasteiger partial charge is 0.261 e. The number of ether oxygens (including phenoxy) is 1. The van der Waals surface area contributed by atoms with Gasteiger partial charge in [-0.25, -0.2) is 0 Å². The van der Waals surface area contributed by atoms with Crippen molar-refractivity contribution in [1.29, 1.82) is 0 Å². The Morgan fingerprint density at radius 3 is 2.33 bits per heavy atom. The highest BCUT2D eigenvalue weighted by molar-refractivity contribution is 7.97. The van der Waals surface area contributed by atoms with Crippen LogP contribution in [0.2, 0.25) is 5.02 Å². The van der Waals surface area contributed by atoms with E-state index in [0.717, 1.165) is 51.7 Å². The van der Waals surface area contributed by atoms with Crippen molar-refractivity contribution < 1.29 is 9.53 Å². The Bertz CT molecular complexity index is 1780. The molecule has 1 N–H and O–H groups in total. The van der Waals surface area contributed by atoms with Gasteiger partial charge in [0.25, 0.3) is 5.91 Å². The Balaban J connectivity index is 1.51. The Kier molecular flexibility index (Phi) is 9.23. The Morgan fingerprint density at radius 2 is 1.70 bits per heavy atom. The van der Waals surface area contributed by atoms with Gasteiger partial charge in [-0.05, 0) is 94.0 Å². The van der Waals surface area contributed by atoms with Crippen LogP contribution in [0.3, 0.4) is 0 Å². The number of benzene rings is 3. The van der Waals surface area contributed by atoms with Crippen molar-refractivity contribution in [3.05, 3.63) is 105 Å². The fraction of sp³-hybridized carbons (Fsp3) is 0.314. The number of rotatable bonds is 10. The molecule has 0 bridgehead atoms. The van der Waals surface area contributed by atoms with Gasteiger partial charge in [-0.1, -0.05) is 53.9 Å². The summed E-state index contributed by atoms with van der Waals surface area (Å²) in [6.07, 6.45) is 3.62. The lowest BCUT2D eigenvalue weighted by Gasteiger charge is -2.13. The van der Waals surface area contributed by atoms with E-state index in [1.807, 2.05) is 68.2 Å². The molecule has 0 aliphatic rings. The summed E-state index contributed by atoms with van der Waals surface area (Å²) in [7, 11) is 2.00. The minimum atomic E-state index is -0.0834. The van der Waals surface area contributed by atoms with Crippen molar-refractivity contribution in [1.82, 2.24) is 19.1 Å². The molecule has 0 saturated carbocycles. The first-order chi connectivity index (χ1) is 20.6. The lowest BCUT2D eigenvalue weighted by atomic mass is 9.98. The third-order valence-electron chi connectivity index (χ3n) is 8.25. The van der Waals surface area contributed by atoms with Crippen molar-refractivity contribution in [3.8, 4) is 16.9 Å². The number of para-hydroxylation sites is 1. The third kappa shape index (κ3) is 6.20. The minimum Gasteiger partial charge on any atom is -0.494 e. The zero-order chi connectivity index (χ0) is 30.8. The maximum Gasteiger partial charge on any atom is 0.261 e. The van der Waals surface area contributed by atoms with E-state index in [-0.39, 0.29) is 5.91 Å². The molecule has 2 aromatic heterocycles. The Morgan fingerprint density at radius 1 is 1.00 bits per heavy atom. The summed E-state index contributed by atoms with van der Waals surface area (Å²) in [5.41, 5.74) is 12.2. The molecule has 0 fully saturated rings. The number of aromatic nitrogens is 3. The molecule has 0 atom stereocenters. The van der Waals surface area contributed by atoms with E-state index in [0.29, 0.717) is 18.7 Å². The first-order valence-corrected chi connectivity index (χ1v) is 16.1. The molecule has 0 unspecified atom stereocenters. The standard InChI is InChI=1S/C35H39ClN4O2S/c1-21-18-28(19-22(2)33(21)36)42-17-9-12-29-24(4)40(20-26-13-15-27(16-14-26)35(41)38-43-7)34-30(29)10-8-11-31(34)32-23(3)37-39(6)25(32)5/h8,10-11,13-16,18-19H,9,12,17,20H2,1-7H3,(H,38,41). The van der Waals surface area contributed by atoms with E-state index in [4.69, 9.17) is 21.4 Å². The van der Waals surface area contributed by atoms with Gasteiger partial charge in [0.15, 0.2) is 0 Å². The first kappa shape index (κ1) is 30.8. The maximum atomic E-state index is 12.3. The molecule has 43 heavy (non-hydrogen) atoms. The molecule has 5 rings (SSSR count). The van der Waals surface area contributed by atoms with E-state index >= 15 is 0 Å². The van der Waals surface area contributed by atoms with Gasteiger partial charge < -0.3 is 9.30 Å². The number of carbonyl (C=O) groups is 1. The van der Waals surface area contributed by atoms with E-state index in [2.05, 4.69) is 48.3 Å². The molecule has 0 radical (unpaired) electrons. The van der Waals surface area contributed by atoms with Crippen molar-refractivity contribution >= 4 is 40.4 Å². The maximum absolute atomic E-state index is 12.3. The number of amides is 1. The second-order valence-electron chi connectivity index (χ2n) is 11.2. The molecule has 5 aromatic rings. The highest BCUT2D eigenvalue weighted by Crippen LogP contribution is 2.38. The Hall–Kier alpha value is -3.68. The highest BCUT2D eigenvalue weighted by Gasteiger charge is 2.21. The van der Waals surface area contributed by atoms with Crippen LogP contribution in [0.1, 0.15) is 56.1 Å². The van der Waals surface area contributed by atoms with Crippen LogP contribution >= 0.6 is 23.5 Å². The molecule has 3 aromatic carbocycles. The highest BCUT2D eigenvalue weighted by atomic mass is 35.5. The number of aryl methyl sites for hydroxylation is 5. The number of halogens is 1. The van der Waals surface area contributed by atoms with Gasteiger partial charge in [0.1, 0.15) is 5.75 Å². The molecule has 0 aliphatic carbocycles. The van der Waals surface area contributed by atoms with E-state index in [9.17, 15) is 4.79 Å². The molecule has 224 valence electrons. The quantitative estimate of drug-likeness (QED) is 0.127. The molecular formula is C35H39ClN4O2S. The fourth-order valence-corrected chi connectivity index (χ4v) is 6.42. The average molecular weight is 615 g/mol. The molecule has 8 heteroatoms. The first-order valence-electron chi connectivity index (χ1n) is 14.5. The number of fused-ring (bicyclic) bond motifs is 1. The van der Waals surface area contributed by atoms with Crippen LogP contribution in [0.15, 0.2) is 54.6 Å². The molecule has 1 amide bonds. The zero-order valence-electron chi connectivity index (χ0n) is 26.0. The monoisotopic (exact) mass is 614 g/mol. The normalized spacial score (nSPS) is 11.3. The lowest BCUT2D eigenvalue weighted by molar-refractivity contribution is 0.0984. The van der Waals surface area contributed by atoms with Gasteiger partial charge in [-0.3, -0.25) is 14.2 Å². The van der Waals surface area contributed by atoms with Gasteiger partial charge in [0.05, 0.1) is 17.8 Å². The van der Waals surface area contributed by atoms with Crippen LogP contribution in [-0.4, -0.2) is 33.1 Å². The third-order valence-corrected chi connectivity index (χ3v) is 9.24. The average Bonchev–Trinajstić information content (AvgIpc) is 3.40. The number of carbonyl (C=O) groups excluding carboxylic acids is 1. The van der Waals surface area contributed by atoms with Crippen molar-refractivity contribution in [3.63, 3.8) is 0 Å². The summed E-state index contributed by atoms with van der Waals surface area (Å²) in [4.78, 5) is 12.3. The van der Waals surface area contributed by atoms with Crippen molar-refractivity contribution in [2.45, 2.75) is 54.0 Å². The minimum absolute atomic E-state index is 0.0834. The summed E-state index contributed by atoms with van der Waals surface area (Å²) in [6.45, 7) is 11.8. The molecule has 0 spiro atoms. The van der Waals surface area contributed by atoms with Gasteiger partial charge in [0.2, 0.25) is 0 Å². The number of hydrogen-bond donors (Lipinski definition) is 1. The number of nitrogens with one attached hydrogen (secondary N) is 1.